The van der Waals surface area contributed by atoms with E-state index in [1.54, 1.807) is 11.8 Å². The number of carbonyl (C=O) groups is 1. The van der Waals surface area contributed by atoms with Gasteiger partial charge in [-0.25, -0.2) is 0 Å². The van der Waals surface area contributed by atoms with Gasteiger partial charge in [-0.1, -0.05) is 31.6 Å². The van der Waals surface area contributed by atoms with Crippen molar-refractivity contribution in [2.24, 2.45) is 16.7 Å². The summed E-state index contributed by atoms with van der Waals surface area (Å²) in [7, 11) is -1.77. The molecular weight excluding hydrogens is 408 g/mol. The molecule has 0 unspecified atom stereocenters. The molecule has 3 nitrogen and oxygen atoms in total. The third kappa shape index (κ3) is 5.16. The number of carbonyl (C=O) groups excluding carboxylic acids is 1. The molecule has 0 heterocycles. The molecule has 2 rings (SSSR count). The van der Waals surface area contributed by atoms with Crippen LogP contribution in [-0.4, -0.2) is 32.4 Å². The zero-order valence-corrected chi connectivity index (χ0v) is 22.2. The fraction of sp³-hybridized carbons (Fsp3) is 0.720. The van der Waals surface area contributed by atoms with Gasteiger partial charge < -0.3 is 9.16 Å². The maximum Gasteiger partial charge on any atom is 0.241 e. The number of hydrogen-bond acceptors (Lipinski definition) is 4. The highest BCUT2D eigenvalue weighted by atomic mass is 32.2. The molecule has 30 heavy (non-hydrogen) atoms. The summed E-state index contributed by atoms with van der Waals surface area (Å²) >= 11 is 1.69. The highest BCUT2D eigenvalue weighted by Gasteiger charge is 2.52. The molecule has 0 spiro atoms. The van der Waals surface area contributed by atoms with Crippen LogP contribution < -0.4 is 0 Å². The van der Waals surface area contributed by atoms with Crippen molar-refractivity contribution >= 4 is 25.9 Å². The van der Waals surface area contributed by atoms with Crippen LogP contribution in [0.4, 0.5) is 0 Å². The quantitative estimate of drug-likeness (QED) is 0.153. The minimum atomic E-state index is -1.77. The van der Waals surface area contributed by atoms with Gasteiger partial charge in [0.1, 0.15) is 0 Å². The van der Waals surface area contributed by atoms with Gasteiger partial charge in [-0.3, -0.25) is 4.79 Å². The van der Waals surface area contributed by atoms with Crippen LogP contribution in [0.5, 0.6) is 0 Å². The van der Waals surface area contributed by atoms with Crippen LogP contribution in [0, 0.1) is 16.7 Å². The van der Waals surface area contributed by atoms with Crippen molar-refractivity contribution in [3.63, 3.8) is 0 Å². The molecule has 5 heteroatoms. The summed E-state index contributed by atoms with van der Waals surface area (Å²) in [5.74, 6) is 2.33. The first-order valence-corrected chi connectivity index (χ1v) is 16.1. The molecule has 0 fully saturated rings. The molecule has 0 aromatic carbocycles. The summed E-state index contributed by atoms with van der Waals surface area (Å²) in [6.07, 6.45) is 10.6. The third-order valence-corrected chi connectivity index (χ3v) is 8.29. The van der Waals surface area contributed by atoms with Crippen LogP contribution in [0.25, 0.3) is 0 Å². The van der Waals surface area contributed by atoms with Gasteiger partial charge in [0.25, 0.3) is 0 Å². The van der Waals surface area contributed by atoms with Crippen molar-refractivity contribution < 1.29 is 14.0 Å². The van der Waals surface area contributed by atoms with Gasteiger partial charge >= 0.3 is 0 Å². The van der Waals surface area contributed by atoms with Gasteiger partial charge in [-0.2, -0.15) is 0 Å². The number of rotatable bonds is 10. The number of hydrogen-bond donors (Lipinski definition) is 0. The Morgan fingerprint density at radius 2 is 2.03 bits per heavy atom. The van der Waals surface area contributed by atoms with Gasteiger partial charge in [-0.05, 0) is 71.3 Å². The van der Waals surface area contributed by atoms with E-state index in [2.05, 4.69) is 59.3 Å². The van der Waals surface area contributed by atoms with E-state index in [1.165, 1.54) is 5.57 Å². The molecule has 2 aliphatic rings. The van der Waals surface area contributed by atoms with Crippen molar-refractivity contribution in [2.45, 2.75) is 85.5 Å². The molecule has 0 aromatic rings. The van der Waals surface area contributed by atoms with Crippen LogP contribution in [-0.2, 0) is 14.0 Å². The first kappa shape index (κ1) is 25.5. The highest BCUT2D eigenvalue weighted by molar-refractivity contribution is 7.98. The van der Waals surface area contributed by atoms with Crippen molar-refractivity contribution in [3.8, 4) is 0 Å². The van der Waals surface area contributed by atoms with Gasteiger partial charge in [0, 0.05) is 22.8 Å². The lowest BCUT2D eigenvalue weighted by molar-refractivity contribution is -0.118. The molecule has 0 radical (unpaired) electrons. The third-order valence-electron chi connectivity index (χ3n) is 7.08. The Morgan fingerprint density at radius 3 is 2.57 bits per heavy atom. The minimum absolute atomic E-state index is 0.0736. The Labute approximate surface area is 189 Å². The van der Waals surface area contributed by atoms with Crippen LogP contribution >= 0.6 is 11.8 Å². The summed E-state index contributed by atoms with van der Waals surface area (Å²) in [6, 6.07) is 0. The van der Waals surface area contributed by atoms with E-state index in [9.17, 15) is 4.79 Å². The van der Waals surface area contributed by atoms with Gasteiger partial charge in [-0.15, -0.1) is 18.3 Å². The molecule has 0 saturated carbocycles. The molecular formula is C25H42O3SSi. The number of allylic oxidation sites excluding steroid dienone is 3. The Kier molecular flexibility index (Phi) is 8.31. The summed E-state index contributed by atoms with van der Waals surface area (Å²) in [5.41, 5.74) is 1.83. The van der Waals surface area contributed by atoms with E-state index in [4.69, 9.17) is 9.16 Å². The first-order valence-electron chi connectivity index (χ1n) is 11.3. The number of ether oxygens (including phenoxy) is 1. The van der Waals surface area contributed by atoms with E-state index >= 15 is 0 Å². The number of Topliss-reactive ketones (excluding diaryl/α,β-unsaturated/α-hetero) is 1. The lowest BCUT2D eigenvalue weighted by Crippen LogP contribution is -2.47. The predicted molar refractivity (Wildman–Crippen MR) is 132 cm³/mol. The maximum atomic E-state index is 13.0. The first-order chi connectivity index (χ1) is 13.9. The average Bonchev–Trinajstić information content (AvgIpc) is 3.07. The van der Waals surface area contributed by atoms with Crippen LogP contribution in [0.1, 0.15) is 59.8 Å². The van der Waals surface area contributed by atoms with Crippen LogP contribution in [0.3, 0.4) is 0 Å². The molecule has 0 amide bonds. The summed E-state index contributed by atoms with van der Waals surface area (Å²) in [6.45, 7) is 19.6. The van der Waals surface area contributed by atoms with Gasteiger partial charge in [0.2, 0.25) is 8.32 Å². The zero-order chi connectivity index (χ0) is 22.7. The van der Waals surface area contributed by atoms with E-state index in [-0.39, 0.29) is 16.9 Å². The fourth-order valence-corrected chi connectivity index (χ4v) is 6.47. The van der Waals surface area contributed by atoms with E-state index in [1.807, 2.05) is 13.0 Å². The van der Waals surface area contributed by atoms with E-state index < -0.39 is 8.32 Å². The zero-order valence-electron chi connectivity index (χ0n) is 20.4. The smallest absolute Gasteiger partial charge is 0.241 e. The maximum absolute atomic E-state index is 13.0. The Morgan fingerprint density at radius 1 is 1.37 bits per heavy atom. The molecule has 0 aromatic heterocycles. The SMILES string of the molecule is C=C[C@](C)(C[C@@H](OCSC)[C@@]1(C)C2=C(CCC2=O)CC[C@@H]1C)/C(=C/C)O[Si](C)(C)C. The molecule has 0 aliphatic heterocycles. The molecule has 170 valence electrons. The topological polar surface area (TPSA) is 35.5 Å². The number of thioether (sulfide) groups is 1. The predicted octanol–water partition coefficient (Wildman–Crippen LogP) is 7.13. The second-order valence-electron chi connectivity index (χ2n) is 10.4. The van der Waals surface area contributed by atoms with E-state index in [0.717, 1.165) is 37.0 Å². The van der Waals surface area contributed by atoms with Gasteiger partial charge in [0.05, 0.1) is 17.8 Å². The standard InChI is InChI=1S/C25H42O3SSi/c1-10-21(28-30(7,8)9)24(4,11-2)16-22(27-17-29-6)25(5)18(3)12-13-19-14-15-20(26)23(19)25/h10-11,18,22H,2,12-17H2,1,3-9H3/b21-10-/t18-,22+,24+,25-/m0/s1. The summed E-state index contributed by atoms with van der Waals surface area (Å²) in [4.78, 5) is 13.0. The summed E-state index contributed by atoms with van der Waals surface area (Å²) in [5, 5.41) is 0. The van der Waals surface area contributed by atoms with Crippen molar-refractivity contribution in [3.05, 3.63) is 35.6 Å². The summed E-state index contributed by atoms with van der Waals surface area (Å²) < 4.78 is 13.0. The molecule has 0 bridgehead atoms. The van der Waals surface area contributed by atoms with Crippen molar-refractivity contribution in [1.29, 1.82) is 0 Å². The lowest BCUT2D eigenvalue weighted by Gasteiger charge is -2.48. The Hall–Kier alpha value is -0.783. The fourth-order valence-electron chi connectivity index (χ4n) is 5.16. The number of ketones is 1. The lowest BCUT2D eigenvalue weighted by atomic mass is 9.59. The van der Waals surface area contributed by atoms with Crippen LogP contribution in [0.2, 0.25) is 19.6 Å². The van der Waals surface area contributed by atoms with Crippen LogP contribution in [0.15, 0.2) is 35.6 Å². The molecule has 2 aliphatic carbocycles. The Balaban J connectivity index is 2.49. The van der Waals surface area contributed by atoms with Crippen molar-refractivity contribution in [1.82, 2.24) is 0 Å². The molecule has 0 N–H and O–H groups in total. The monoisotopic (exact) mass is 450 g/mol. The average molecular weight is 451 g/mol. The van der Waals surface area contributed by atoms with Crippen molar-refractivity contribution in [2.75, 3.05) is 12.2 Å². The minimum Gasteiger partial charge on any atom is -0.547 e. The molecule has 4 atom stereocenters. The largest absolute Gasteiger partial charge is 0.547 e. The Bertz CT molecular complexity index is 720. The normalized spacial score (nSPS) is 28.2. The molecule has 0 saturated heterocycles. The van der Waals surface area contributed by atoms with E-state index in [0.29, 0.717) is 24.1 Å². The van der Waals surface area contributed by atoms with Gasteiger partial charge in [0.15, 0.2) is 5.78 Å². The second-order valence-corrected chi connectivity index (χ2v) is 15.6. The second kappa shape index (κ2) is 9.79. The highest BCUT2D eigenvalue weighted by Crippen LogP contribution is 2.55.